The first-order chi connectivity index (χ1) is 29.6. The first-order valence-electron chi connectivity index (χ1n) is 20.8. The van der Waals surface area contributed by atoms with Crippen LogP contribution < -0.4 is 20.7 Å². The van der Waals surface area contributed by atoms with Crippen molar-refractivity contribution in [3.8, 4) is 16.9 Å². The van der Waals surface area contributed by atoms with Gasteiger partial charge in [-0.1, -0.05) is 65.8 Å². The van der Waals surface area contributed by atoms with E-state index in [0.717, 1.165) is 58.5 Å². The lowest BCUT2D eigenvalue weighted by atomic mass is 9.94. The Morgan fingerprint density at radius 1 is 0.869 bits per heavy atom. The third kappa shape index (κ3) is 15.0. The van der Waals surface area contributed by atoms with Crippen molar-refractivity contribution in [2.24, 2.45) is 5.11 Å². The number of benzene rings is 3. The highest BCUT2D eigenvalue weighted by molar-refractivity contribution is 6.00. The van der Waals surface area contributed by atoms with Crippen molar-refractivity contribution in [3.05, 3.63) is 100 Å². The molecule has 1 atom stereocenters. The zero-order valence-electron chi connectivity index (χ0n) is 35.0. The number of nitrogens with zero attached hydrogens (tertiary/aromatic N) is 4. The third-order valence-electron chi connectivity index (χ3n) is 10.0. The summed E-state index contributed by atoms with van der Waals surface area (Å²) < 4.78 is 28.0. The van der Waals surface area contributed by atoms with Gasteiger partial charge in [-0.3, -0.25) is 14.4 Å². The molecule has 61 heavy (non-hydrogen) atoms. The van der Waals surface area contributed by atoms with Crippen LogP contribution in [0.1, 0.15) is 62.4 Å². The van der Waals surface area contributed by atoms with Gasteiger partial charge in [-0.15, -0.1) is 0 Å². The molecular weight excluding hydrogens is 783 g/mol. The van der Waals surface area contributed by atoms with E-state index in [0.29, 0.717) is 84.4 Å². The van der Waals surface area contributed by atoms with Gasteiger partial charge in [0.15, 0.2) is 0 Å². The molecule has 2 amide bonds. The Labute approximate surface area is 356 Å². The van der Waals surface area contributed by atoms with Gasteiger partial charge >= 0.3 is 5.97 Å². The highest BCUT2D eigenvalue weighted by Crippen LogP contribution is 2.35. The van der Waals surface area contributed by atoms with Gasteiger partial charge in [0.2, 0.25) is 11.8 Å². The summed E-state index contributed by atoms with van der Waals surface area (Å²) in [6.45, 7) is 8.10. The van der Waals surface area contributed by atoms with Crippen LogP contribution in [0.25, 0.3) is 32.3 Å². The Morgan fingerprint density at radius 3 is 2.23 bits per heavy atom. The van der Waals surface area contributed by atoms with Gasteiger partial charge in [0.25, 0.3) is 0 Å². The van der Waals surface area contributed by atoms with Crippen LogP contribution in [0.3, 0.4) is 0 Å². The van der Waals surface area contributed by atoms with Gasteiger partial charge < -0.3 is 44.7 Å². The lowest BCUT2D eigenvalue weighted by Gasteiger charge is -2.28. The second-order valence-electron chi connectivity index (χ2n) is 15.0. The summed E-state index contributed by atoms with van der Waals surface area (Å²) in [5.41, 5.74) is 11.6. The van der Waals surface area contributed by atoms with Crippen molar-refractivity contribution < 1.29 is 43.2 Å². The number of carboxylic acid groups (broad SMARTS) is 1. The fourth-order valence-electron chi connectivity index (χ4n) is 6.84. The molecule has 326 valence electrons. The van der Waals surface area contributed by atoms with Crippen molar-refractivity contribution in [3.63, 3.8) is 0 Å². The average Bonchev–Trinajstić information content (AvgIpc) is 3.25. The molecule has 0 radical (unpaired) electrons. The zero-order chi connectivity index (χ0) is 43.3. The average molecular weight is 840 g/mol. The van der Waals surface area contributed by atoms with E-state index >= 15 is 0 Å². The number of nitrogens with one attached hydrogen (secondary N) is 3. The molecule has 1 aliphatic heterocycles. The summed E-state index contributed by atoms with van der Waals surface area (Å²) in [7, 11) is 0. The summed E-state index contributed by atoms with van der Waals surface area (Å²) in [5.74, 6) is -0.182. The second kappa shape index (κ2) is 24.5. The quantitative estimate of drug-likeness (QED) is 0.0218. The molecule has 16 nitrogen and oxygen atoms in total. The van der Waals surface area contributed by atoms with Crippen LogP contribution in [0.4, 0.5) is 5.82 Å². The Balaban J connectivity index is 1.07. The summed E-state index contributed by atoms with van der Waals surface area (Å²) >= 11 is 0. The van der Waals surface area contributed by atoms with E-state index in [1.165, 1.54) is 5.56 Å². The van der Waals surface area contributed by atoms with Crippen LogP contribution in [0.15, 0.2) is 77.9 Å². The standard InChI is InChI=1S/C45H57N7O9/c1-45(2,51-41(53)11-5-8-35-17-16-34-7-6-20-47-43(34)49-35)44(56)50-39(31-42(54)55)33-14-12-32(13-15-33)36-18-19-40(38-10-4-3-9-37(36)38)61-30-29-60-28-27-59-26-25-58-24-23-57-22-21-48-52-46/h3-4,9-10,12-19,39H,5-8,11,20-31H2,1-2H3,(H,47,49)(H,50,56)(H,51,53)(H,54,55)/t39-/m0/s1. The molecule has 0 spiro atoms. The minimum absolute atomic E-state index is 0.218. The number of hydrogen-bond donors (Lipinski definition) is 4. The number of rotatable bonds is 27. The topological polar surface area (TPSA) is 215 Å². The minimum Gasteiger partial charge on any atom is -0.491 e. The van der Waals surface area contributed by atoms with E-state index in [9.17, 15) is 19.5 Å². The maximum Gasteiger partial charge on any atom is 0.305 e. The van der Waals surface area contributed by atoms with Gasteiger partial charge in [0.05, 0.1) is 65.3 Å². The Hall–Kier alpha value is -5.77. The van der Waals surface area contributed by atoms with E-state index in [2.05, 4.69) is 32.0 Å². The molecule has 5 rings (SSSR count). The number of pyridine rings is 1. The predicted molar refractivity (Wildman–Crippen MR) is 232 cm³/mol. The number of aliphatic carboxylic acids is 1. The van der Waals surface area contributed by atoms with Crippen LogP contribution in [0, 0.1) is 0 Å². The van der Waals surface area contributed by atoms with Gasteiger partial charge in [-0.25, -0.2) is 4.98 Å². The van der Waals surface area contributed by atoms with Gasteiger partial charge in [-0.2, -0.15) is 0 Å². The highest BCUT2D eigenvalue weighted by Gasteiger charge is 2.32. The number of azide groups is 1. The monoisotopic (exact) mass is 839 g/mol. The van der Waals surface area contributed by atoms with Crippen molar-refractivity contribution in [2.45, 2.75) is 64.0 Å². The molecule has 1 aromatic heterocycles. The van der Waals surface area contributed by atoms with Crippen LogP contribution in [0.5, 0.6) is 5.75 Å². The SMILES string of the molecule is CC(C)(NC(=O)CCCc1ccc2c(n1)NCCC2)C(=O)N[C@@H](CC(=O)O)c1ccc(-c2ccc(OCCOCCOCCOCCOCCN=[N+]=[N-])c3ccccc23)cc1. The number of anilines is 1. The molecule has 1 aliphatic rings. The maximum absolute atomic E-state index is 13.5. The second-order valence-corrected chi connectivity index (χ2v) is 15.0. The number of amides is 2. The number of carbonyl (C=O) groups is 3. The van der Waals surface area contributed by atoms with Crippen molar-refractivity contribution in [1.82, 2.24) is 15.6 Å². The van der Waals surface area contributed by atoms with Gasteiger partial charge in [0, 0.05) is 35.5 Å². The molecule has 3 aromatic carbocycles. The zero-order valence-corrected chi connectivity index (χ0v) is 35.0. The van der Waals surface area contributed by atoms with Crippen LogP contribution >= 0.6 is 0 Å². The number of carboxylic acids is 1. The van der Waals surface area contributed by atoms with Gasteiger partial charge in [-0.05, 0) is 84.8 Å². The van der Waals surface area contributed by atoms with E-state index in [1.807, 2.05) is 66.7 Å². The Morgan fingerprint density at radius 2 is 1.54 bits per heavy atom. The summed E-state index contributed by atoms with van der Waals surface area (Å²) in [5, 5.41) is 24.1. The van der Waals surface area contributed by atoms with Crippen LogP contribution in [-0.2, 0) is 46.2 Å². The molecule has 0 fully saturated rings. The maximum atomic E-state index is 13.5. The van der Waals surface area contributed by atoms with Crippen LogP contribution in [0.2, 0.25) is 0 Å². The molecule has 0 saturated heterocycles. The fraction of sp³-hybridized carbons (Fsp3) is 0.467. The molecule has 16 heteroatoms. The van der Waals surface area contributed by atoms with E-state index in [-0.39, 0.29) is 18.7 Å². The number of carbonyl (C=O) groups excluding carboxylic acids is 2. The third-order valence-corrected chi connectivity index (χ3v) is 10.0. The molecule has 0 aliphatic carbocycles. The Bertz CT molecular complexity index is 2090. The first-order valence-corrected chi connectivity index (χ1v) is 20.8. The minimum atomic E-state index is -1.28. The predicted octanol–water partition coefficient (Wildman–Crippen LogP) is 6.57. The van der Waals surface area contributed by atoms with Crippen LogP contribution in [-0.4, -0.2) is 106 Å². The van der Waals surface area contributed by atoms with E-state index in [4.69, 9.17) is 34.2 Å². The molecular formula is C45H57N7O9. The lowest BCUT2D eigenvalue weighted by molar-refractivity contribution is -0.138. The molecule has 2 heterocycles. The number of aryl methyl sites for hydroxylation is 2. The molecule has 0 bridgehead atoms. The smallest absolute Gasteiger partial charge is 0.305 e. The number of aromatic nitrogens is 1. The summed E-state index contributed by atoms with van der Waals surface area (Å²) in [4.78, 5) is 45.7. The summed E-state index contributed by atoms with van der Waals surface area (Å²) in [6.07, 6.45) is 3.19. The highest BCUT2D eigenvalue weighted by atomic mass is 16.6. The van der Waals surface area contributed by atoms with Crippen molar-refractivity contribution >= 4 is 34.4 Å². The number of ether oxygens (including phenoxy) is 5. The first kappa shape index (κ1) is 46.3. The largest absolute Gasteiger partial charge is 0.491 e. The normalized spacial score (nSPS) is 12.8. The molecule has 4 aromatic rings. The van der Waals surface area contributed by atoms with Crippen molar-refractivity contribution in [1.29, 1.82) is 0 Å². The molecule has 4 N–H and O–H groups in total. The number of hydrogen-bond acceptors (Lipinski definition) is 11. The Kier molecular flexibility index (Phi) is 18.6. The van der Waals surface area contributed by atoms with E-state index < -0.39 is 23.5 Å². The lowest BCUT2D eigenvalue weighted by Crippen LogP contribution is -2.55. The van der Waals surface area contributed by atoms with Gasteiger partial charge in [0.1, 0.15) is 23.7 Å². The van der Waals surface area contributed by atoms with Crippen molar-refractivity contribution in [2.75, 3.05) is 77.9 Å². The molecule has 0 unspecified atom stereocenters. The summed E-state index contributed by atoms with van der Waals surface area (Å²) in [6, 6.07) is 22.6. The molecule has 0 saturated carbocycles. The number of fused-ring (bicyclic) bond motifs is 2. The van der Waals surface area contributed by atoms with E-state index in [1.54, 1.807) is 13.8 Å². The fourth-order valence-corrected chi connectivity index (χ4v) is 6.84.